The number of hydrogen-bond acceptors (Lipinski definition) is 1. The predicted molar refractivity (Wildman–Crippen MR) is 63.7 cm³/mol. The molecule has 0 aromatic carbocycles. The lowest BCUT2D eigenvalue weighted by molar-refractivity contribution is 0.106. The topological polar surface area (TPSA) is 9.23 Å². The van der Waals surface area contributed by atoms with Gasteiger partial charge in [-0.2, -0.15) is 0 Å². The van der Waals surface area contributed by atoms with Gasteiger partial charge in [0.25, 0.3) is 0 Å². The third-order valence-electron chi connectivity index (χ3n) is 2.34. The van der Waals surface area contributed by atoms with Crippen molar-refractivity contribution in [3.63, 3.8) is 0 Å². The SMILES string of the molecule is CCCCCCCCCOCC(C)C. The molecule has 0 fully saturated rings. The van der Waals surface area contributed by atoms with Crippen molar-refractivity contribution >= 4 is 0 Å². The van der Waals surface area contributed by atoms with E-state index in [1.165, 1.54) is 44.9 Å². The highest BCUT2D eigenvalue weighted by Crippen LogP contribution is 2.07. The van der Waals surface area contributed by atoms with Crippen LogP contribution in [-0.2, 0) is 4.74 Å². The number of rotatable bonds is 10. The molecule has 0 saturated carbocycles. The minimum absolute atomic E-state index is 0.680. The van der Waals surface area contributed by atoms with E-state index in [1.54, 1.807) is 0 Å². The Morgan fingerprint density at radius 2 is 1.43 bits per heavy atom. The highest BCUT2D eigenvalue weighted by Gasteiger charge is 1.94. The molecule has 0 heterocycles. The van der Waals surface area contributed by atoms with E-state index in [-0.39, 0.29) is 0 Å². The van der Waals surface area contributed by atoms with E-state index >= 15 is 0 Å². The van der Waals surface area contributed by atoms with Crippen molar-refractivity contribution in [2.24, 2.45) is 5.92 Å². The Kier molecular flexibility index (Phi) is 11.0. The minimum Gasteiger partial charge on any atom is -0.381 e. The fourth-order valence-corrected chi connectivity index (χ4v) is 1.48. The molecule has 0 aromatic rings. The molecule has 14 heavy (non-hydrogen) atoms. The van der Waals surface area contributed by atoms with Crippen molar-refractivity contribution in [1.29, 1.82) is 0 Å². The maximum absolute atomic E-state index is 5.52. The van der Waals surface area contributed by atoms with Gasteiger partial charge in [0, 0.05) is 13.2 Å². The summed E-state index contributed by atoms with van der Waals surface area (Å²) in [6, 6.07) is 0. The van der Waals surface area contributed by atoms with Gasteiger partial charge in [-0.3, -0.25) is 0 Å². The quantitative estimate of drug-likeness (QED) is 0.475. The monoisotopic (exact) mass is 200 g/mol. The summed E-state index contributed by atoms with van der Waals surface area (Å²) < 4.78 is 5.52. The van der Waals surface area contributed by atoms with Crippen LogP contribution < -0.4 is 0 Å². The predicted octanol–water partition coefficient (Wildman–Crippen LogP) is 4.41. The Labute approximate surface area is 90.2 Å². The van der Waals surface area contributed by atoms with Gasteiger partial charge in [0.1, 0.15) is 0 Å². The van der Waals surface area contributed by atoms with Crippen molar-refractivity contribution in [2.75, 3.05) is 13.2 Å². The maximum atomic E-state index is 5.52. The molecular formula is C13H28O. The lowest BCUT2D eigenvalue weighted by atomic mass is 10.1. The van der Waals surface area contributed by atoms with Gasteiger partial charge in [0.05, 0.1) is 0 Å². The van der Waals surface area contributed by atoms with Crippen molar-refractivity contribution in [2.45, 2.75) is 65.7 Å². The van der Waals surface area contributed by atoms with E-state index in [4.69, 9.17) is 4.74 Å². The molecule has 0 rings (SSSR count). The van der Waals surface area contributed by atoms with E-state index in [2.05, 4.69) is 20.8 Å². The van der Waals surface area contributed by atoms with Crippen LogP contribution in [0.25, 0.3) is 0 Å². The van der Waals surface area contributed by atoms with Crippen LogP contribution in [0.4, 0.5) is 0 Å². The molecule has 0 amide bonds. The molecule has 0 spiro atoms. The summed E-state index contributed by atoms with van der Waals surface area (Å²) in [7, 11) is 0. The first-order valence-corrected chi connectivity index (χ1v) is 6.35. The van der Waals surface area contributed by atoms with Gasteiger partial charge in [-0.1, -0.05) is 59.3 Å². The second-order valence-corrected chi connectivity index (χ2v) is 4.59. The zero-order valence-corrected chi connectivity index (χ0v) is 10.3. The van der Waals surface area contributed by atoms with Crippen molar-refractivity contribution < 1.29 is 4.74 Å². The molecule has 1 nitrogen and oxygen atoms in total. The van der Waals surface area contributed by atoms with Crippen LogP contribution in [0.3, 0.4) is 0 Å². The molecule has 1 heteroatoms. The molecule has 0 aliphatic carbocycles. The van der Waals surface area contributed by atoms with Gasteiger partial charge in [-0.05, 0) is 12.3 Å². The summed E-state index contributed by atoms with van der Waals surface area (Å²) in [5.74, 6) is 0.680. The molecule has 0 atom stereocenters. The van der Waals surface area contributed by atoms with Crippen molar-refractivity contribution in [3.8, 4) is 0 Å². The van der Waals surface area contributed by atoms with Crippen LogP contribution in [0.15, 0.2) is 0 Å². The first kappa shape index (κ1) is 14.0. The standard InChI is InChI=1S/C13H28O/c1-4-5-6-7-8-9-10-11-14-12-13(2)3/h13H,4-12H2,1-3H3. The van der Waals surface area contributed by atoms with Crippen LogP contribution in [0.2, 0.25) is 0 Å². The normalized spacial score (nSPS) is 11.1. The molecule has 0 bridgehead atoms. The van der Waals surface area contributed by atoms with E-state index in [1.807, 2.05) is 0 Å². The molecular weight excluding hydrogens is 172 g/mol. The Bertz CT molecular complexity index is 99.4. The van der Waals surface area contributed by atoms with Gasteiger partial charge in [-0.25, -0.2) is 0 Å². The van der Waals surface area contributed by atoms with E-state index in [0.717, 1.165) is 13.2 Å². The fraction of sp³-hybridized carbons (Fsp3) is 1.00. The van der Waals surface area contributed by atoms with E-state index < -0.39 is 0 Å². The van der Waals surface area contributed by atoms with E-state index in [0.29, 0.717) is 5.92 Å². The highest BCUT2D eigenvalue weighted by molar-refractivity contribution is 4.45. The van der Waals surface area contributed by atoms with Gasteiger partial charge in [0.2, 0.25) is 0 Å². The Morgan fingerprint density at radius 1 is 0.857 bits per heavy atom. The lowest BCUT2D eigenvalue weighted by Crippen LogP contribution is -2.02. The second-order valence-electron chi connectivity index (χ2n) is 4.59. The molecule has 0 N–H and O–H groups in total. The van der Waals surface area contributed by atoms with Crippen LogP contribution in [-0.4, -0.2) is 13.2 Å². The molecule has 0 saturated heterocycles. The fourth-order valence-electron chi connectivity index (χ4n) is 1.48. The summed E-state index contributed by atoms with van der Waals surface area (Å²) in [6.45, 7) is 8.55. The van der Waals surface area contributed by atoms with Gasteiger partial charge in [-0.15, -0.1) is 0 Å². The van der Waals surface area contributed by atoms with E-state index in [9.17, 15) is 0 Å². The zero-order valence-electron chi connectivity index (χ0n) is 10.3. The summed E-state index contributed by atoms with van der Waals surface area (Å²) in [6.07, 6.45) is 9.58. The molecule has 0 aromatic heterocycles. The summed E-state index contributed by atoms with van der Waals surface area (Å²) in [4.78, 5) is 0. The average molecular weight is 200 g/mol. The number of ether oxygens (including phenoxy) is 1. The zero-order chi connectivity index (χ0) is 10.6. The van der Waals surface area contributed by atoms with Crippen LogP contribution in [0, 0.1) is 5.92 Å². The van der Waals surface area contributed by atoms with Crippen LogP contribution in [0.1, 0.15) is 65.7 Å². The number of unbranched alkanes of at least 4 members (excludes halogenated alkanes) is 6. The van der Waals surface area contributed by atoms with Crippen LogP contribution >= 0.6 is 0 Å². The molecule has 86 valence electrons. The Morgan fingerprint density at radius 3 is 2.00 bits per heavy atom. The summed E-state index contributed by atoms with van der Waals surface area (Å²) in [5, 5.41) is 0. The highest BCUT2D eigenvalue weighted by atomic mass is 16.5. The lowest BCUT2D eigenvalue weighted by Gasteiger charge is -2.06. The summed E-state index contributed by atoms with van der Waals surface area (Å²) >= 11 is 0. The minimum atomic E-state index is 0.680. The molecule has 0 aliphatic heterocycles. The number of hydrogen-bond donors (Lipinski definition) is 0. The smallest absolute Gasteiger partial charge is 0.0488 e. The first-order chi connectivity index (χ1) is 6.77. The molecule has 0 unspecified atom stereocenters. The van der Waals surface area contributed by atoms with Gasteiger partial charge in [0.15, 0.2) is 0 Å². The molecule has 0 aliphatic rings. The average Bonchev–Trinajstić information content (AvgIpc) is 2.15. The first-order valence-electron chi connectivity index (χ1n) is 6.35. The van der Waals surface area contributed by atoms with Crippen molar-refractivity contribution in [3.05, 3.63) is 0 Å². The van der Waals surface area contributed by atoms with Gasteiger partial charge < -0.3 is 4.74 Å². The van der Waals surface area contributed by atoms with Crippen LogP contribution in [0.5, 0.6) is 0 Å². The third-order valence-corrected chi connectivity index (χ3v) is 2.34. The van der Waals surface area contributed by atoms with Gasteiger partial charge >= 0.3 is 0 Å². The maximum Gasteiger partial charge on any atom is 0.0488 e. The van der Waals surface area contributed by atoms with Crippen molar-refractivity contribution in [1.82, 2.24) is 0 Å². The Hall–Kier alpha value is -0.0400. The Balaban J connectivity index is 2.85. The summed E-state index contributed by atoms with van der Waals surface area (Å²) in [5.41, 5.74) is 0. The second kappa shape index (κ2) is 11.0. The largest absolute Gasteiger partial charge is 0.381 e. The third kappa shape index (κ3) is 12.0. The molecule has 0 radical (unpaired) electrons.